The van der Waals surface area contributed by atoms with Gasteiger partial charge < -0.3 is 10.5 Å². The summed E-state index contributed by atoms with van der Waals surface area (Å²) in [5, 5.41) is 0. The molecule has 0 aliphatic heterocycles. The lowest BCUT2D eigenvalue weighted by Crippen LogP contribution is -2.14. The minimum absolute atomic E-state index is 0.0174. The molecular formula is C14H21NO2. The Balaban J connectivity index is 2.57. The summed E-state index contributed by atoms with van der Waals surface area (Å²) in [6, 6.07) is 7.44. The number of esters is 1. The summed E-state index contributed by atoms with van der Waals surface area (Å²) in [6.07, 6.45) is 2.74. The fraction of sp³-hybridized carbons (Fsp3) is 0.500. The molecule has 0 spiro atoms. The molecule has 0 aliphatic carbocycles. The Kier molecular flexibility index (Phi) is 5.70. The molecule has 94 valence electrons. The van der Waals surface area contributed by atoms with Crippen molar-refractivity contribution >= 4 is 5.97 Å². The second kappa shape index (κ2) is 7.07. The molecule has 3 heteroatoms. The molecule has 0 radical (unpaired) electrons. The van der Waals surface area contributed by atoms with Crippen LogP contribution in [0.2, 0.25) is 0 Å². The summed E-state index contributed by atoms with van der Waals surface area (Å²) in [5.74, 6) is -0.245. The number of rotatable bonds is 6. The molecular weight excluding hydrogens is 214 g/mol. The van der Waals surface area contributed by atoms with E-state index < -0.39 is 0 Å². The van der Waals surface area contributed by atoms with Gasteiger partial charge in [-0.05, 0) is 44.0 Å². The summed E-state index contributed by atoms with van der Waals surface area (Å²) < 4.78 is 5.31. The van der Waals surface area contributed by atoms with E-state index in [2.05, 4.69) is 6.92 Å². The van der Waals surface area contributed by atoms with E-state index in [1.54, 1.807) is 12.1 Å². The van der Waals surface area contributed by atoms with Gasteiger partial charge in [-0.1, -0.05) is 25.5 Å². The van der Waals surface area contributed by atoms with Gasteiger partial charge in [-0.2, -0.15) is 0 Å². The van der Waals surface area contributed by atoms with Crippen molar-refractivity contribution in [3.8, 4) is 0 Å². The molecule has 0 aromatic heterocycles. The molecule has 17 heavy (non-hydrogen) atoms. The van der Waals surface area contributed by atoms with Gasteiger partial charge in [0.05, 0.1) is 11.7 Å². The van der Waals surface area contributed by atoms with E-state index in [1.165, 1.54) is 0 Å². The number of nitrogens with two attached hydrogens (primary N) is 1. The molecule has 0 aliphatic rings. The SMILES string of the molecule is CCCC(C)OC(=O)c1ccc(CCN)cc1. The Hall–Kier alpha value is -1.35. The van der Waals surface area contributed by atoms with Crippen LogP contribution in [0.3, 0.4) is 0 Å². The number of carbonyl (C=O) groups excluding carboxylic acids is 1. The van der Waals surface area contributed by atoms with Crippen LogP contribution in [0, 0.1) is 0 Å². The standard InChI is InChI=1S/C14H21NO2/c1-3-4-11(2)17-14(16)13-7-5-12(6-8-13)9-10-15/h5-8,11H,3-4,9-10,15H2,1-2H3. The lowest BCUT2D eigenvalue weighted by atomic mass is 10.1. The maximum Gasteiger partial charge on any atom is 0.338 e. The van der Waals surface area contributed by atoms with Crippen LogP contribution in [-0.2, 0) is 11.2 Å². The second-order valence-electron chi connectivity index (χ2n) is 4.24. The Labute approximate surface area is 103 Å². The number of benzene rings is 1. The van der Waals surface area contributed by atoms with Crippen LogP contribution < -0.4 is 5.73 Å². The highest BCUT2D eigenvalue weighted by molar-refractivity contribution is 5.89. The molecule has 0 bridgehead atoms. The van der Waals surface area contributed by atoms with Crippen LogP contribution in [0.5, 0.6) is 0 Å². The molecule has 1 unspecified atom stereocenters. The molecule has 2 N–H and O–H groups in total. The summed E-state index contributed by atoms with van der Waals surface area (Å²) in [7, 11) is 0. The van der Waals surface area contributed by atoms with Gasteiger partial charge in [0, 0.05) is 0 Å². The van der Waals surface area contributed by atoms with Gasteiger partial charge in [-0.25, -0.2) is 4.79 Å². The van der Waals surface area contributed by atoms with E-state index in [0.717, 1.165) is 24.8 Å². The number of ether oxygens (including phenoxy) is 1. The van der Waals surface area contributed by atoms with Crippen molar-refractivity contribution in [3.63, 3.8) is 0 Å². The van der Waals surface area contributed by atoms with Gasteiger partial charge in [0.15, 0.2) is 0 Å². The topological polar surface area (TPSA) is 52.3 Å². The lowest BCUT2D eigenvalue weighted by molar-refractivity contribution is 0.0323. The second-order valence-corrected chi connectivity index (χ2v) is 4.24. The van der Waals surface area contributed by atoms with E-state index >= 15 is 0 Å². The van der Waals surface area contributed by atoms with Crippen LogP contribution in [0.1, 0.15) is 42.6 Å². The van der Waals surface area contributed by atoms with Crippen molar-refractivity contribution in [3.05, 3.63) is 35.4 Å². The van der Waals surface area contributed by atoms with Crippen LogP contribution in [0.25, 0.3) is 0 Å². The minimum Gasteiger partial charge on any atom is -0.459 e. The summed E-state index contributed by atoms with van der Waals surface area (Å²) >= 11 is 0. The highest BCUT2D eigenvalue weighted by Crippen LogP contribution is 2.09. The van der Waals surface area contributed by atoms with Gasteiger partial charge in [0.2, 0.25) is 0 Å². The summed E-state index contributed by atoms with van der Waals surface area (Å²) in [5.41, 5.74) is 7.22. The zero-order chi connectivity index (χ0) is 12.7. The van der Waals surface area contributed by atoms with Gasteiger partial charge in [-0.15, -0.1) is 0 Å². The number of carbonyl (C=O) groups is 1. The predicted octanol–water partition coefficient (Wildman–Crippen LogP) is 2.53. The molecule has 0 heterocycles. The first kappa shape index (κ1) is 13.7. The molecule has 3 nitrogen and oxygen atoms in total. The average molecular weight is 235 g/mol. The van der Waals surface area contributed by atoms with Crippen molar-refractivity contribution in [2.24, 2.45) is 5.73 Å². The predicted molar refractivity (Wildman–Crippen MR) is 69.0 cm³/mol. The largest absolute Gasteiger partial charge is 0.459 e. The Morgan fingerprint density at radius 3 is 2.53 bits per heavy atom. The first-order valence-corrected chi connectivity index (χ1v) is 6.17. The summed E-state index contributed by atoms with van der Waals surface area (Å²) in [6.45, 7) is 4.62. The van der Waals surface area contributed by atoms with Crippen molar-refractivity contribution in [2.75, 3.05) is 6.54 Å². The van der Waals surface area contributed by atoms with E-state index in [-0.39, 0.29) is 12.1 Å². The molecule has 1 rings (SSSR count). The van der Waals surface area contributed by atoms with Crippen LogP contribution in [0.15, 0.2) is 24.3 Å². The van der Waals surface area contributed by atoms with E-state index in [1.807, 2.05) is 19.1 Å². The van der Waals surface area contributed by atoms with Crippen molar-refractivity contribution < 1.29 is 9.53 Å². The maximum atomic E-state index is 11.8. The maximum absolute atomic E-state index is 11.8. The Morgan fingerprint density at radius 2 is 2.00 bits per heavy atom. The zero-order valence-electron chi connectivity index (χ0n) is 10.6. The smallest absolute Gasteiger partial charge is 0.338 e. The molecule has 1 atom stereocenters. The van der Waals surface area contributed by atoms with Crippen LogP contribution in [0.4, 0.5) is 0 Å². The summed E-state index contributed by atoms with van der Waals surface area (Å²) in [4.78, 5) is 11.8. The third-order valence-electron chi connectivity index (χ3n) is 2.63. The van der Waals surface area contributed by atoms with Crippen molar-refractivity contribution in [1.29, 1.82) is 0 Å². The quantitative estimate of drug-likeness (QED) is 0.771. The van der Waals surface area contributed by atoms with E-state index in [9.17, 15) is 4.79 Å². The minimum atomic E-state index is -0.245. The molecule has 0 saturated heterocycles. The van der Waals surface area contributed by atoms with Crippen LogP contribution in [-0.4, -0.2) is 18.6 Å². The third kappa shape index (κ3) is 4.57. The molecule has 1 aromatic rings. The zero-order valence-corrected chi connectivity index (χ0v) is 10.6. The number of hydrogen-bond acceptors (Lipinski definition) is 3. The lowest BCUT2D eigenvalue weighted by Gasteiger charge is -2.12. The normalized spacial score (nSPS) is 12.2. The monoisotopic (exact) mass is 235 g/mol. The van der Waals surface area contributed by atoms with Crippen LogP contribution >= 0.6 is 0 Å². The Morgan fingerprint density at radius 1 is 1.35 bits per heavy atom. The fourth-order valence-corrected chi connectivity index (χ4v) is 1.69. The van der Waals surface area contributed by atoms with Crippen molar-refractivity contribution in [2.45, 2.75) is 39.2 Å². The van der Waals surface area contributed by atoms with Gasteiger partial charge in [-0.3, -0.25) is 0 Å². The molecule has 1 aromatic carbocycles. The molecule has 0 amide bonds. The first-order chi connectivity index (χ1) is 8.17. The van der Waals surface area contributed by atoms with Crippen molar-refractivity contribution in [1.82, 2.24) is 0 Å². The van der Waals surface area contributed by atoms with E-state index in [4.69, 9.17) is 10.5 Å². The fourth-order valence-electron chi connectivity index (χ4n) is 1.69. The van der Waals surface area contributed by atoms with Gasteiger partial charge >= 0.3 is 5.97 Å². The van der Waals surface area contributed by atoms with E-state index in [0.29, 0.717) is 12.1 Å². The van der Waals surface area contributed by atoms with Gasteiger partial charge in [0.25, 0.3) is 0 Å². The highest BCUT2D eigenvalue weighted by Gasteiger charge is 2.10. The number of hydrogen-bond donors (Lipinski definition) is 1. The molecule has 0 fully saturated rings. The highest BCUT2D eigenvalue weighted by atomic mass is 16.5. The Bertz CT molecular complexity index is 346. The molecule has 0 saturated carbocycles. The van der Waals surface area contributed by atoms with Gasteiger partial charge in [0.1, 0.15) is 0 Å². The third-order valence-corrected chi connectivity index (χ3v) is 2.63. The average Bonchev–Trinajstić information content (AvgIpc) is 2.30. The first-order valence-electron chi connectivity index (χ1n) is 6.17.